The number of nitrogens with one attached hydrogen (secondary N) is 1. The predicted molar refractivity (Wildman–Crippen MR) is 82.9 cm³/mol. The maximum atomic E-state index is 11.7. The van der Waals surface area contributed by atoms with Crippen LogP contribution in [0.15, 0.2) is 11.6 Å². The number of carbonyl (C=O) groups is 2. The Bertz CT molecular complexity index is 363. The van der Waals surface area contributed by atoms with Crippen molar-refractivity contribution in [3.63, 3.8) is 0 Å². The largest absolute Gasteiger partial charge is 0.480 e. The van der Waals surface area contributed by atoms with Gasteiger partial charge in [-0.15, -0.1) is 0 Å². The van der Waals surface area contributed by atoms with Gasteiger partial charge in [-0.25, -0.2) is 4.79 Å². The standard InChI is InChI=1S/C16H29NO4/c1-5-12(4)14(18)8-6-7-9-15(19)17-13(16(20)21)10-11(2)3/h5,11,13-14,18H,6-10H2,1-4H3,(H,17,19)(H,20,21). The number of rotatable bonds is 10. The zero-order valence-electron chi connectivity index (χ0n) is 13.6. The lowest BCUT2D eigenvalue weighted by Crippen LogP contribution is -2.41. The fraction of sp³-hybridized carbons (Fsp3) is 0.750. The van der Waals surface area contributed by atoms with Crippen LogP contribution in [0.2, 0.25) is 0 Å². The van der Waals surface area contributed by atoms with Gasteiger partial charge in [0.2, 0.25) is 5.91 Å². The zero-order valence-corrected chi connectivity index (χ0v) is 13.6. The highest BCUT2D eigenvalue weighted by Crippen LogP contribution is 2.11. The number of aliphatic hydroxyl groups is 1. The summed E-state index contributed by atoms with van der Waals surface area (Å²) in [6.45, 7) is 7.60. The lowest BCUT2D eigenvalue weighted by molar-refractivity contribution is -0.142. The fourth-order valence-corrected chi connectivity index (χ4v) is 2.00. The van der Waals surface area contributed by atoms with Crippen molar-refractivity contribution in [1.29, 1.82) is 0 Å². The van der Waals surface area contributed by atoms with Gasteiger partial charge < -0.3 is 15.5 Å². The Morgan fingerprint density at radius 3 is 2.33 bits per heavy atom. The highest BCUT2D eigenvalue weighted by molar-refractivity contribution is 5.83. The third kappa shape index (κ3) is 9.24. The molecule has 3 N–H and O–H groups in total. The third-order valence-corrected chi connectivity index (χ3v) is 3.45. The minimum atomic E-state index is -0.990. The molecule has 0 saturated heterocycles. The number of hydrogen-bond acceptors (Lipinski definition) is 3. The molecule has 5 nitrogen and oxygen atoms in total. The van der Waals surface area contributed by atoms with Gasteiger partial charge in [-0.2, -0.15) is 0 Å². The van der Waals surface area contributed by atoms with Crippen molar-refractivity contribution >= 4 is 11.9 Å². The van der Waals surface area contributed by atoms with Crippen LogP contribution >= 0.6 is 0 Å². The van der Waals surface area contributed by atoms with E-state index in [0.717, 1.165) is 12.0 Å². The monoisotopic (exact) mass is 299 g/mol. The Morgan fingerprint density at radius 2 is 1.86 bits per heavy atom. The Hall–Kier alpha value is -1.36. The van der Waals surface area contributed by atoms with Crippen LogP contribution in [-0.4, -0.2) is 34.2 Å². The predicted octanol–water partition coefficient (Wildman–Crippen LogP) is 2.49. The highest BCUT2D eigenvalue weighted by atomic mass is 16.4. The van der Waals surface area contributed by atoms with E-state index in [2.05, 4.69) is 5.32 Å². The average Bonchev–Trinajstić information content (AvgIpc) is 2.41. The van der Waals surface area contributed by atoms with Gasteiger partial charge >= 0.3 is 5.97 Å². The molecule has 0 rings (SSSR count). The number of amides is 1. The maximum absolute atomic E-state index is 11.7. The number of carboxylic acid groups (broad SMARTS) is 1. The summed E-state index contributed by atoms with van der Waals surface area (Å²) in [7, 11) is 0. The van der Waals surface area contributed by atoms with Crippen LogP contribution in [-0.2, 0) is 9.59 Å². The summed E-state index contributed by atoms with van der Waals surface area (Å²) in [5.74, 6) is -1.01. The summed E-state index contributed by atoms with van der Waals surface area (Å²) in [6, 6.07) is -0.812. The summed E-state index contributed by atoms with van der Waals surface area (Å²) in [5, 5.41) is 21.4. The lowest BCUT2D eigenvalue weighted by Gasteiger charge is -2.16. The Kier molecular flexibility index (Phi) is 9.71. The quantitative estimate of drug-likeness (QED) is 0.427. The normalized spacial score (nSPS) is 14.9. The Morgan fingerprint density at radius 1 is 1.24 bits per heavy atom. The van der Waals surface area contributed by atoms with Crippen molar-refractivity contribution in [3.8, 4) is 0 Å². The second kappa shape index (κ2) is 10.4. The lowest BCUT2D eigenvalue weighted by atomic mass is 10.0. The van der Waals surface area contributed by atoms with Gasteiger partial charge in [-0.05, 0) is 44.6 Å². The second-order valence-corrected chi connectivity index (χ2v) is 5.88. The van der Waals surface area contributed by atoms with Gasteiger partial charge in [0, 0.05) is 6.42 Å². The summed E-state index contributed by atoms with van der Waals surface area (Å²) in [4.78, 5) is 22.8. The van der Waals surface area contributed by atoms with Crippen LogP contribution in [0.1, 0.15) is 59.8 Å². The molecule has 21 heavy (non-hydrogen) atoms. The number of unbranched alkanes of at least 4 members (excludes halogenated alkanes) is 1. The molecule has 0 aromatic carbocycles. The average molecular weight is 299 g/mol. The number of aliphatic hydroxyl groups excluding tert-OH is 1. The number of carboxylic acids is 1. The number of carbonyl (C=O) groups excluding carboxylic acids is 1. The topological polar surface area (TPSA) is 86.6 Å². The Balaban J connectivity index is 4.01. The van der Waals surface area contributed by atoms with E-state index in [1.165, 1.54) is 0 Å². The maximum Gasteiger partial charge on any atom is 0.326 e. The molecule has 0 fully saturated rings. The number of aliphatic carboxylic acids is 1. The van der Waals surface area contributed by atoms with Gasteiger partial charge in [0.1, 0.15) is 6.04 Å². The van der Waals surface area contributed by atoms with E-state index >= 15 is 0 Å². The molecule has 0 saturated carbocycles. The summed E-state index contributed by atoms with van der Waals surface area (Å²) in [5.41, 5.74) is 0.933. The van der Waals surface area contributed by atoms with E-state index < -0.39 is 18.1 Å². The van der Waals surface area contributed by atoms with Crippen molar-refractivity contribution in [3.05, 3.63) is 11.6 Å². The molecule has 0 aliphatic rings. The van der Waals surface area contributed by atoms with Gasteiger partial charge in [0.15, 0.2) is 0 Å². The SMILES string of the molecule is CC=C(C)C(O)CCCCC(=O)NC(CC(C)C)C(=O)O. The van der Waals surface area contributed by atoms with Crippen molar-refractivity contribution in [2.24, 2.45) is 5.92 Å². The molecule has 0 aromatic rings. The van der Waals surface area contributed by atoms with Crippen LogP contribution in [0, 0.1) is 5.92 Å². The molecular weight excluding hydrogens is 270 g/mol. The van der Waals surface area contributed by atoms with Gasteiger partial charge in [0.25, 0.3) is 0 Å². The molecule has 0 spiro atoms. The first-order chi connectivity index (χ1) is 9.77. The van der Waals surface area contributed by atoms with Crippen LogP contribution < -0.4 is 5.32 Å². The van der Waals surface area contributed by atoms with E-state index in [1.54, 1.807) is 0 Å². The molecule has 122 valence electrons. The molecule has 0 aromatic heterocycles. The first-order valence-corrected chi connectivity index (χ1v) is 7.61. The van der Waals surface area contributed by atoms with E-state index in [9.17, 15) is 14.7 Å². The molecule has 1 amide bonds. The van der Waals surface area contributed by atoms with E-state index in [4.69, 9.17) is 5.11 Å². The molecule has 0 aliphatic heterocycles. The number of allylic oxidation sites excluding steroid dienone is 1. The third-order valence-electron chi connectivity index (χ3n) is 3.45. The molecule has 0 heterocycles. The first kappa shape index (κ1) is 19.6. The Labute approximate surface area is 127 Å². The van der Waals surface area contributed by atoms with Gasteiger partial charge in [-0.3, -0.25) is 4.79 Å². The molecular formula is C16H29NO4. The van der Waals surface area contributed by atoms with Crippen LogP contribution in [0.5, 0.6) is 0 Å². The van der Waals surface area contributed by atoms with Crippen molar-refractivity contribution in [2.75, 3.05) is 0 Å². The van der Waals surface area contributed by atoms with Crippen molar-refractivity contribution in [1.82, 2.24) is 5.32 Å². The molecule has 2 unspecified atom stereocenters. The number of hydrogen-bond donors (Lipinski definition) is 3. The summed E-state index contributed by atoms with van der Waals surface area (Å²) >= 11 is 0. The molecule has 0 aliphatic carbocycles. The van der Waals surface area contributed by atoms with E-state index in [1.807, 2.05) is 33.8 Å². The summed E-state index contributed by atoms with van der Waals surface area (Å²) in [6.07, 6.45) is 4.16. The van der Waals surface area contributed by atoms with E-state index in [-0.39, 0.29) is 11.8 Å². The van der Waals surface area contributed by atoms with Crippen LogP contribution in [0.25, 0.3) is 0 Å². The van der Waals surface area contributed by atoms with Crippen LogP contribution in [0.3, 0.4) is 0 Å². The second-order valence-electron chi connectivity index (χ2n) is 5.88. The van der Waals surface area contributed by atoms with Gasteiger partial charge in [-0.1, -0.05) is 26.3 Å². The molecule has 2 atom stereocenters. The minimum Gasteiger partial charge on any atom is -0.480 e. The zero-order chi connectivity index (χ0) is 16.4. The summed E-state index contributed by atoms with van der Waals surface area (Å²) < 4.78 is 0. The first-order valence-electron chi connectivity index (χ1n) is 7.61. The van der Waals surface area contributed by atoms with Crippen LogP contribution in [0.4, 0.5) is 0 Å². The van der Waals surface area contributed by atoms with E-state index in [0.29, 0.717) is 25.7 Å². The fourth-order valence-electron chi connectivity index (χ4n) is 2.00. The van der Waals surface area contributed by atoms with Gasteiger partial charge in [0.05, 0.1) is 6.10 Å². The van der Waals surface area contributed by atoms with Crippen molar-refractivity contribution < 1.29 is 19.8 Å². The molecule has 0 radical (unpaired) electrons. The molecule has 0 bridgehead atoms. The smallest absolute Gasteiger partial charge is 0.326 e. The minimum absolute atomic E-state index is 0.213. The highest BCUT2D eigenvalue weighted by Gasteiger charge is 2.20. The van der Waals surface area contributed by atoms with Crippen molar-refractivity contribution in [2.45, 2.75) is 71.9 Å². The molecule has 5 heteroatoms.